The third-order valence-electron chi connectivity index (χ3n) is 19.0. The topological polar surface area (TPSA) is 90.2 Å². The molecule has 0 amide bonds. The predicted octanol–water partition coefficient (Wildman–Crippen LogP) is 28.1. The van der Waals surface area contributed by atoms with Crippen LogP contribution in [0.3, 0.4) is 0 Å². The molecule has 7 radical (unpaired) electrons. The van der Waals surface area contributed by atoms with Crippen LogP contribution in [0.5, 0.6) is 0 Å². The van der Waals surface area contributed by atoms with Crippen LogP contribution in [0.2, 0.25) is 0 Å². The number of rotatable bonds is 12. The number of hydrogen-bond donors (Lipinski definition) is 0. The van der Waals surface area contributed by atoms with E-state index in [0.717, 1.165) is 101 Å². The Kier molecular flexibility index (Phi) is 46.7. The molecular formula is C113H88Ir7N7-7. The third-order valence-corrected chi connectivity index (χ3v) is 19.0. The molecule has 7 aromatic heterocycles. The SMILES string of the molecule is CC(C)(C)c1cc[c-]c(-c2ccccn2)c1.Cc1[c-]c(-c2ccccn2)cc(C)c1.[Ir].[Ir].[Ir].[Ir].[Ir].[Ir].[Ir].[c-]1ccc(-c2ccccc2)cc1-c1ccccn1.[c-]1cccc(-c2ccccc2)c1-c1ccccn1.[c-]1ccccc1-c1cc(-c2ccccc2)ccn1.[c-]1ccccc1-c1ccc(-c2ccccc2)cn1.[c-]1ccccc1-c1ncccc1-c1ccccc1. The molecule has 0 aliphatic heterocycles. The molecule has 7 nitrogen and oxygen atoms in total. The van der Waals surface area contributed by atoms with Crippen LogP contribution in [-0.4, -0.2) is 34.9 Å². The number of aromatic nitrogens is 7. The van der Waals surface area contributed by atoms with E-state index in [9.17, 15) is 0 Å². The van der Waals surface area contributed by atoms with Crippen LogP contribution in [0.25, 0.3) is 134 Å². The van der Waals surface area contributed by atoms with Crippen molar-refractivity contribution < 1.29 is 141 Å². The first-order valence-corrected chi connectivity index (χ1v) is 39.8. The van der Waals surface area contributed by atoms with E-state index in [1.807, 2.05) is 310 Å². The minimum absolute atomic E-state index is 0. The van der Waals surface area contributed by atoms with Crippen LogP contribution >= 0.6 is 0 Å². The summed E-state index contributed by atoms with van der Waals surface area (Å²) in [6, 6.07) is 157. The fourth-order valence-corrected chi connectivity index (χ4v) is 13.0. The van der Waals surface area contributed by atoms with Crippen molar-refractivity contribution in [2.45, 2.75) is 40.0 Å². The van der Waals surface area contributed by atoms with Crippen molar-refractivity contribution in [1.82, 2.24) is 34.9 Å². The van der Waals surface area contributed by atoms with Gasteiger partial charge >= 0.3 is 0 Å². The zero-order valence-corrected chi connectivity index (χ0v) is 86.9. The Morgan fingerprint density at radius 2 is 0.614 bits per heavy atom. The van der Waals surface area contributed by atoms with Crippen LogP contribution in [0.4, 0.5) is 0 Å². The minimum Gasteiger partial charge on any atom is -0.305 e. The number of pyridine rings is 7. The molecule has 0 bridgehead atoms. The van der Waals surface area contributed by atoms with Gasteiger partial charge in [-0.25, -0.2) is 0 Å². The molecule has 19 aromatic rings. The van der Waals surface area contributed by atoms with Gasteiger partial charge in [0.05, 0.1) is 0 Å². The second-order valence-corrected chi connectivity index (χ2v) is 28.7. The van der Waals surface area contributed by atoms with Crippen molar-refractivity contribution in [3.05, 3.63) is 503 Å². The van der Waals surface area contributed by atoms with Gasteiger partial charge in [0.25, 0.3) is 0 Å². The molecular weight excluding hydrogens is 2800 g/mol. The van der Waals surface area contributed by atoms with Crippen molar-refractivity contribution in [2.24, 2.45) is 0 Å². The van der Waals surface area contributed by atoms with Crippen LogP contribution in [0.15, 0.2) is 444 Å². The van der Waals surface area contributed by atoms with Gasteiger partial charge in [-0.2, -0.15) is 0 Å². The second kappa shape index (κ2) is 56.4. The van der Waals surface area contributed by atoms with Gasteiger partial charge in [0.1, 0.15) is 0 Å². The number of hydrogen-bond acceptors (Lipinski definition) is 7. The molecule has 0 unspecified atom stereocenters. The average molecular weight is 2890 g/mol. The van der Waals surface area contributed by atoms with Crippen LogP contribution in [0.1, 0.15) is 37.5 Å². The Bertz CT molecular complexity index is 5690. The zero-order valence-electron chi connectivity index (χ0n) is 70.1. The van der Waals surface area contributed by atoms with E-state index >= 15 is 0 Å². The first-order valence-electron chi connectivity index (χ1n) is 39.8. The quantitative estimate of drug-likeness (QED) is 0.113. The van der Waals surface area contributed by atoms with E-state index < -0.39 is 0 Å². The fraction of sp³-hybridized carbons (Fsp3) is 0.0531. The van der Waals surface area contributed by atoms with Gasteiger partial charge < -0.3 is 34.9 Å². The molecule has 14 heteroatoms. The summed E-state index contributed by atoms with van der Waals surface area (Å²) in [4.78, 5) is 30.8. The van der Waals surface area contributed by atoms with Crippen molar-refractivity contribution in [3.8, 4) is 134 Å². The summed E-state index contributed by atoms with van der Waals surface area (Å²) in [6.07, 6.45) is 12.8. The van der Waals surface area contributed by atoms with E-state index in [2.05, 4.69) is 233 Å². The van der Waals surface area contributed by atoms with E-state index in [0.29, 0.717) is 0 Å². The van der Waals surface area contributed by atoms with Gasteiger partial charge in [0, 0.05) is 184 Å². The van der Waals surface area contributed by atoms with Gasteiger partial charge in [-0.05, 0) is 121 Å². The molecule has 19 rings (SSSR count). The van der Waals surface area contributed by atoms with E-state index in [1.165, 1.54) is 50.1 Å². The van der Waals surface area contributed by atoms with Crippen molar-refractivity contribution in [2.75, 3.05) is 0 Å². The Hall–Kier alpha value is -10.8. The summed E-state index contributed by atoms with van der Waals surface area (Å²) in [5.41, 5.74) is 29.7. The Labute approximate surface area is 844 Å². The largest absolute Gasteiger partial charge is 0.305 e. The van der Waals surface area contributed by atoms with Gasteiger partial charge in [0.2, 0.25) is 0 Å². The third kappa shape index (κ3) is 32.5. The maximum Gasteiger partial charge on any atom is 0.0239 e. The van der Waals surface area contributed by atoms with Gasteiger partial charge in [-0.3, -0.25) is 0 Å². The summed E-state index contributed by atoms with van der Waals surface area (Å²) < 4.78 is 0. The molecule has 127 heavy (non-hydrogen) atoms. The number of benzene rings is 12. The van der Waals surface area contributed by atoms with Gasteiger partial charge in [-0.15, -0.1) is 243 Å². The van der Waals surface area contributed by atoms with E-state index in [-0.39, 0.29) is 146 Å². The number of nitrogens with zero attached hydrogens (tertiary/aromatic N) is 7. The fourth-order valence-electron chi connectivity index (χ4n) is 13.0. The molecule has 0 aliphatic carbocycles. The van der Waals surface area contributed by atoms with Gasteiger partial charge in [-0.1, -0.05) is 270 Å². The maximum absolute atomic E-state index is 4.49. The molecule has 0 saturated heterocycles. The molecule has 0 spiro atoms. The van der Waals surface area contributed by atoms with Crippen LogP contribution in [0, 0.1) is 56.3 Å². The summed E-state index contributed by atoms with van der Waals surface area (Å²) in [6.45, 7) is 10.8. The molecule has 0 N–H and O–H groups in total. The van der Waals surface area contributed by atoms with E-state index in [4.69, 9.17) is 0 Å². The molecule has 0 aliphatic rings. The first kappa shape index (κ1) is 105. The second-order valence-electron chi connectivity index (χ2n) is 28.7. The molecule has 0 fully saturated rings. The van der Waals surface area contributed by atoms with Crippen molar-refractivity contribution in [1.29, 1.82) is 0 Å². The summed E-state index contributed by atoms with van der Waals surface area (Å²) >= 11 is 0. The average Bonchev–Trinajstić information content (AvgIpc) is 0.792. The van der Waals surface area contributed by atoms with E-state index in [1.54, 1.807) is 12.4 Å². The standard InChI is InChI=1S/5C17H12N.C15H16N.C13H12N.7Ir/c1-3-8-14(9-4-1)16-12-7-13-18-17(16)15-10-5-2-6-11-15;1-3-7-14(8-4-1)16-11-12-18-17(13-16)15-9-5-2-6-10-15;1-3-7-14(8-4-1)16-11-12-17(18-13-16)15-9-5-2-6-10-15;1-2-8-14(9-3-1)15-10-4-5-11-16(15)17-12-6-7-13-18-17;1-2-7-14(8-3-1)15-9-6-10-16(13-15)17-11-4-5-12-18-17;1-15(2,3)13-8-6-7-12(11-13)14-9-4-5-10-16-14;1-10-7-11(2)9-12(8-10)13-5-3-4-6-14-13;;;;;;;/h1-10,12-13H;2*1-9,11-13H;1-10,12-13H;1-9,11-13H;4-6,8-11H,1-3H3;3-8H,1-2H3;;;;;;;/q7*-1;;;;;;;. The van der Waals surface area contributed by atoms with Gasteiger partial charge in [0.15, 0.2) is 0 Å². The predicted molar refractivity (Wildman–Crippen MR) is 495 cm³/mol. The maximum atomic E-state index is 4.49. The van der Waals surface area contributed by atoms with Crippen molar-refractivity contribution >= 4 is 0 Å². The zero-order chi connectivity index (χ0) is 82.6. The molecule has 12 aromatic carbocycles. The van der Waals surface area contributed by atoms with Crippen LogP contribution in [-0.2, 0) is 146 Å². The Morgan fingerprint density at radius 3 is 1.09 bits per heavy atom. The monoisotopic (exact) mass is 2890 g/mol. The Balaban J connectivity index is 0.000000227. The normalized spacial score (nSPS) is 9.80. The molecule has 645 valence electrons. The summed E-state index contributed by atoms with van der Waals surface area (Å²) in [5, 5.41) is 0. The van der Waals surface area contributed by atoms with Crippen LogP contribution < -0.4 is 0 Å². The summed E-state index contributed by atoms with van der Waals surface area (Å²) in [5.74, 6) is 0. The Morgan fingerprint density at radius 1 is 0.220 bits per heavy atom. The summed E-state index contributed by atoms with van der Waals surface area (Å²) in [7, 11) is 0. The molecule has 7 heterocycles. The smallest absolute Gasteiger partial charge is 0.0239 e. The molecule has 0 saturated carbocycles. The first-order chi connectivity index (χ1) is 59.0. The van der Waals surface area contributed by atoms with Crippen molar-refractivity contribution in [3.63, 3.8) is 0 Å². The number of aryl methyl sites for hydroxylation is 2. The minimum atomic E-state index is 0. The molecule has 0 atom stereocenters.